The summed E-state index contributed by atoms with van der Waals surface area (Å²) in [6, 6.07) is 7.10. The second-order valence-corrected chi connectivity index (χ2v) is 4.61. The summed E-state index contributed by atoms with van der Waals surface area (Å²) in [4.78, 5) is 24.2. The van der Waals surface area contributed by atoms with Crippen LogP contribution in [0.4, 0.5) is 0 Å². The summed E-state index contributed by atoms with van der Waals surface area (Å²) in [6.45, 7) is 3.93. The summed E-state index contributed by atoms with van der Waals surface area (Å²) in [6.07, 6.45) is 0.843. The molecular formula is C14H17N3O2. The highest BCUT2D eigenvalue weighted by molar-refractivity contribution is 6.04. The molecule has 1 amide bonds. The topological polar surface area (TPSA) is 64.0 Å². The van der Waals surface area contributed by atoms with E-state index >= 15 is 0 Å². The predicted molar refractivity (Wildman–Crippen MR) is 74.2 cm³/mol. The lowest BCUT2D eigenvalue weighted by Crippen LogP contribution is -2.34. The van der Waals surface area contributed by atoms with Gasteiger partial charge in [-0.15, -0.1) is 0 Å². The molecule has 0 fully saturated rings. The fourth-order valence-corrected chi connectivity index (χ4v) is 1.86. The number of hydrogen-bond acceptors (Lipinski definition) is 3. The first kappa shape index (κ1) is 13.3. The summed E-state index contributed by atoms with van der Waals surface area (Å²) in [5.41, 5.74) is 0.0914. The van der Waals surface area contributed by atoms with Crippen LogP contribution in [0.5, 0.6) is 0 Å². The van der Waals surface area contributed by atoms with Gasteiger partial charge in [0, 0.05) is 18.5 Å². The fraction of sp³-hybridized carbons (Fsp3) is 0.357. The quantitative estimate of drug-likeness (QED) is 0.907. The maximum Gasteiger partial charge on any atom is 0.274 e. The Bertz CT molecular complexity index is 676. The van der Waals surface area contributed by atoms with E-state index in [0.29, 0.717) is 10.8 Å². The number of nitrogens with one attached hydrogen (secondary N) is 1. The number of aryl methyl sites for hydroxylation is 1. The van der Waals surface area contributed by atoms with Crippen molar-refractivity contribution in [3.63, 3.8) is 0 Å². The Balaban J connectivity index is 2.58. The molecule has 0 bridgehead atoms. The number of fused-ring (bicyclic) bond motifs is 1. The summed E-state index contributed by atoms with van der Waals surface area (Å²) in [5.74, 6) is -0.249. The van der Waals surface area contributed by atoms with Crippen LogP contribution in [0.3, 0.4) is 0 Å². The average Bonchev–Trinajstić information content (AvgIpc) is 2.42. The molecule has 2 aromatic rings. The Morgan fingerprint density at radius 1 is 1.37 bits per heavy atom. The molecule has 0 saturated carbocycles. The van der Waals surface area contributed by atoms with E-state index in [1.54, 1.807) is 31.3 Å². The van der Waals surface area contributed by atoms with Gasteiger partial charge in [-0.1, -0.05) is 25.1 Å². The van der Waals surface area contributed by atoms with Crippen molar-refractivity contribution in [3.8, 4) is 0 Å². The van der Waals surface area contributed by atoms with E-state index in [1.165, 1.54) is 4.68 Å². The minimum absolute atomic E-state index is 0.0743. The van der Waals surface area contributed by atoms with Crippen LogP contribution in [0.25, 0.3) is 10.8 Å². The van der Waals surface area contributed by atoms with Gasteiger partial charge in [-0.3, -0.25) is 9.59 Å². The van der Waals surface area contributed by atoms with E-state index < -0.39 is 0 Å². The van der Waals surface area contributed by atoms with Crippen LogP contribution in [0.15, 0.2) is 29.1 Å². The number of carbonyl (C=O) groups excluding carboxylic acids is 1. The van der Waals surface area contributed by atoms with Crippen molar-refractivity contribution < 1.29 is 4.79 Å². The van der Waals surface area contributed by atoms with Crippen molar-refractivity contribution in [3.05, 3.63) is 40.3 Å². The Morgan fingerprint density at radius 2 is 2.00 bits per heavy atom. The Morgan fingerprint density at radius 3 is 2.63 bits per heavy atom. The van der Waals surface area contributed by atoms with Gasteiger partial charge in [-0.05, 0) is 19.4 Å². The third-order valence-corrected chi connectivity index (χ3v) is 3.16. The van der Waals surface area contributed by atoms with E-state index in [4.69, 9.17) is 0 Å². The molecular weight excluding hydrogens is 242 g/mol. The largest absolute Gasteiger partial charge is 0.348 e. The minimum atomic E-state index is -0.249. The van der Waals surface area contributed by atoms with Crippen LogP contribution >= 0.6 is 0 Å². The van der Waals surface area contributed by atoms with Crippen molar-refractivity contribution in [1.82, 2.24) is 15.1 Å². The second-order valence-electron chi connectivity index (χ2n) is 4.61. The molecule has 1 heterocycles. The zero-order valence-electron chi connectivity index (χ0n) is 11.3. The molecule has 100 valence electrons. The van der Waals surface area contributed by atoms with Crippen LogP contribution in [-0.2, 0) is 7.05 Å². The standard InChI is InChI=1S/C14H17N3O2/c1-4-9(2)15-13(18)12-10-7-5-6-8-11(10)14(19)17(3)16-12/h5-9H,4H2,1-3H3,(H,15,18). The Labute approximate surface area is 111 Å². The van der Waals surface area contributed by atoms with E-state index in [1.807, 2.05) is 13.8 Å². The van der Waals surface area contributed by atoms with Crippen LogP contribution in [-0.4, -0.2) is 21.7 Å². The molecule has 19 heavy (non-hydrogen) atoms. The van der Waals surface area contributed by atoms with Gasteiger partial charge < -0.3 is 5.32 Å². The van der Waals surface area contributed by atoms with Crippen molar-refractivity contribution in [2.75, 3.05) is 0 Å². The molecule has 2 rings (SSSR count). The van der Waals surface area contributed by atoms with Gasteiger partial charge in [0.25, 0.3) is 11.5 Å². The van der Waals surface area contributed by atoms with Gasteiger partial charge >= 0.3 is 0 Å². The van der Waals surface area contributed by atoms with E-state index in [2.05, 4.69) is 10.4 Å². The lowest BCUT2D eigenvalue weighted by atomic mass is 10.1. The van der Waals surface area contributed by atoms with Gasteiger partial charge in [0.05, 0.1) is 5.39 Å². The van der Waals surface area contributed by atoms with E-state index in [0.717, 1.165) is 6.42 Å². The number of aromatic nitrogens is 2. The number of carbonyl (C=O) groups is 1. The summed E-state index contributed by atoms with van der Waals surface area (Å²) in [5, 5.41) is 8.05. The molecule has 0 aliphatic heterocycles. The first-order chi connectivity index (χ1) is 9.04. The third-order valence-electron chi connectivity index (χ3n) is 3.16. The van der Waals surface area contributed by atoms with Crippen molar-refractivity contribution in [2.24, 2.45) is 7.05 Å². The molecule has 0 aliphatic carbocycles. The van der Waals surface area contributed by atoms with Crippen molar-refractivity contribution in [2.45, 2.75) is 26.3 Å². The van der Waals surface area contributed by atoms with Crippen molar-refractivity contribution in [1.29, 1.82) is 0 Å². The number of benzene rings is 1. The van der Waals surface area contributed by atoms with Gasteiger partial charge in [0.15, 0.2) is 5.69 Å². The summed E-state index contributed by atoms with van der Waals surface area (Å²) >= 11 is 0. The summed E-state index contributed by atoms with van der Waals surface area (Å²) in [7, 11) is 1.55. The molecule has 1 atom stereocenters. The molecule has 1 unspecified atom stereocenters. The predicted octanol–water partition coefficient (Wildman–Crippen LogP) is 1.46. The lowest BCUT2D eigenvalue weighted by Gasteiger charge is -2.12. The maximum atomic E-state index is 12.2. The molecule has 5 nitrogen and oxygen atoms in total. The first-order valence-electron chi connectivity index (χ1n) is 6.31. The summed E-state index contributed by atoms with van der Waals surface area (Å²) < 4.78 is 1.20. The normalized spacial score (nSPS) is 12.4. The molecule has 0 aliphatic rings. The van der Waals surface area contributed by atoms with Crippen LogP contribution < -0.4 is 10.9 Å². The number of nitrogens with zero attached hydrogens (tertiary/aromatic N) is 2. The number of rotatable bonds is 3. The highest BCUT2D eigenvalue weighted by Gasteiger charge is 2.16. The molecule has 0 radical (unpaired) electrons. The molecule has 1 N–H and O–H groups in total. The number of hydrogen-bond donors (Lipinski definition) is 1. The second kappa shape index (κ2) is 5.22. The van der Waals surface area contributed by atoms with Gasteiger partial charge in [-0.2, -0.15) is 5.10 Å². The smallest absolute Gasteiger partial charge is 0.274 e. The maximum absolute atomic E-state index is 12.2. The average molecular weight is 259 g/mol. The van der Waals surface area contributed by atoms with Gasteiger partial charge in [0.1, 0.15) is 0 Å². The SMILES string of the molecule is CCC(C)NC(=O)c1nn(C)c(=O)c2ccccc12. The molecule has 1 aromatic carbocycles. The Kier molecular flexibility index (Phi) is 3.64. The van der Waals surface area contributed by atoms with Crippen molar-refractivity contribution >= 4 is 16.7 Å². The van der Waals surface area contributed by atoms with Crippen LogP contribution in [0.1, 0.15) is 30.8 Å². The molecule has 0 spiro atoms. The number of amides is 1. The third kappa shape index (κ3) is 2.50. The van der Waals surface area contributed by atoms with E-state index in [9.17, 15) is 9.59 Å². The first-order valence-corrected chi connectivity index (χ1v) is 6.31. The Hall–Kier alpha value is -2.17. The highest BCUT2D eigenvalue weighted by Crippen LogP contribution is 2.13. The zero-order chi connectivity index (χ0) is 14.0. The molecule has 1 aromatic heterocycles. The molecule has 0 saturated heterocycles. The highest BCUT2D eigenvalue weighted by atomic mass is 16.2. The van der Waals surface area contributed by atoms with Gasteiger partial charge in [0.2, 0.25) is 0 Å². The zero-order valence-corrected chi connectivity index (χ0v) is 11.3. The van der Waals surface area contributed by atoms with E-state index in [-0.39, 0.29) is 23.2 Å². The minimum Gasteiger partial charge on any atom is -0.348 e. The van der Waals surface area contributed by atoms with Gasteiger partial charge in [-0.25, -0.2) is 4.68 Å². The lowest BCUT2D eigenvalue weighted by molar-refractivity contribution is 0.0934. The fourth-order valence-electron chi connectivity index (χ4n) is 1.86. The molecule has 5 heteroatoms. The van der Waals surface area contributed by atoms with Crippen LogP contribution in [0.2, 0.25) is 0 Å². The van der Waals surface area contributed by atoms with Crippen LogP contribution in [0, 0.1) is 0 Å². The monoisotopic (exact) mass is 259 g/mol.